The molecule has 0 aliphatic carbocycles. The van der Waals surface area contributed by atoms with Crippen LogP contribution in [0.5, 0.6) is 11.5 Å². The van der Waals surface area contributed by atoms with E-state index in [2.05, 4.69) is 80.5 Å². The summed E-state index contributed by atoms with van der Waals surface area (Å²) < 4.78 is 0. The zero-order valence-corrected chi connectivity index (χ0v) is 28.3. The number of hydrogen-bond donors (Lipinski definition) is 2. The highest BCUT2D eigenvalue weighted by atomic mass is 16.3. The Balaban J connectivity index is 2.03. The molecule has 0 saturated carbocycles. The van der Waals surface area contributed by atoms with Crippen LogP contribution in [0.2, 0.25) is 0 Å². The van der Waals surface area contributed by atoms with Gasteiger partial charge in [0.1, 0.15) is 11.5 Å². The van der Waals surface area contributed by atoms with Crippen LogP contribution in [0.15, 0.2) is 58.5 Å². The van der Waals surface area contributed by atoms with E-state index in [1.54, 1.807) is 12.4 Å². The Bertz CT molecular complexity index is 1440. The quantitative estimate of drug-likeness (QED) is 0.221. The van der Waals surface area contributed by atoms with Gasteiger partial charge >= 0.3 is 0 Å². The van der Waals surface area contributed by atoms with Gasteiger partial charge in [-0.15, -0.1) is 0 Å². The number of nitrogens with zero attached hydrogens (tertiary/aromatic N) is 2. The van der Waals surface area contributed by atoms with Crippen molar-refractivity contribution in [3.05, 3.63) is 81.9 Å². The van der Waals surface area contributed by atoms with Crippen molar-refractivity contribution in [1.82, 2.24) is 0 Å². The molecule has 0 bridgehead atoms. The van der Waals surface area contributed by atoms with Gasteiger partial charge in [0.15, 0.2) is 0 Å². The Kier molecular flexibility index (Phi) is 11.0. The van der Waals surface area contributed by atoms with E-state index in [1.165, 1.54) is 31.2 Å². The van der Waals surface area contributed by atoms with Crippen molar-refractivity contribution in [3.63, 3.8) is 0 Å². The van der Waals surface area contributed by atoms with Crippen LogP contribution in [0.1, 0.15) is 134 Å². The molecule has 43 heavy (non-hydrogen) atoms. The summed E-state index contributed by atoms with van der Waals surface area (Å²) in [5, 5.41) is 22.2. The first-order valence-electron chi connectivity index (χ1n) is 16.0. The van der Waals surface area contributed by atoms with Gasteiger partial charge in [-0.25, -0.2) is 0 Å². The van der Waals surface area contributed by atoms with E-state index in [0.29, 0.717) is 16.9 Å². The molecule has 3 aromatic carbocycles. The SMILES string of the molecule is CCCCC(C)(CCCC)c1cc(C)c(O)c(C=Nc2ccccc2N=Cc2cc(C(C)(C)C)cc(C(C)(C)C)c2O)c1. The number of benzene rings is 3. The summed E-state index contributed by atoms with van der Waals surface area (Å²) in [7, 11) is 0. The fraction of sp³-hybridized carbons (Fsp3) is 0.487. The van der Waals surface area contributed by atoms with Crippen molar-refractivity contribution in [3.8, 4) is 11.5 Å². The Labute approximate surface area is 261 Å². The lowest BCUT2D eigenvalue weighted by atomic mass is 9.73. The maximum absolute atomic E-state index is 11.2. The van der Waals surface area contributed by atoms with Crippen LogP contribution in [0.25, 0.3) is 0 Å². The number of aryl methyl sites for hydroxylation is 1. The van der Waals surface area contributed by atoms with Crippen molar-refractivity contribution >= 4 is 23.8 Å². The van der Waals surface area contributed by atoms with Crippen LogP contribution in [0.4, 0.5) is 11.4 Å². The van der Waals surface area contributed by atoms with Gasteiger partial charge in [0.05, 0.1) is 11.4 Å². The van der Waals surface area contributed by atoms with E-state index >= 15 is 0 Å². The molecule has 0 aliphatic rings. The van der Waals surface area contributed by atoms with Gasteiger partial charge in [0.2, 0.25) is 0 Å². The van der Waals surface area contributed by atoms with E-state index in [0.717, 1.165) is 35.1 Å². The molecule has 0 amide bonds. The van der Waals surface area contributed by atoms with E-state index in [4.69, 9.17) is 9.98 Å². The van der Waals surface area contributed by atoms with Crippen LogP contribution >= 0.6 is 0 Å². The maximum atomic E-state index is 11.2. The predicted molar refractivity (Wildman–Crippen MR) is 186 cm³/mol. The van der Waals surface area contributed by atoms with Crippen LogP contribution < -0.4 is 0 Å². The lowest BCUT2D eigenvalue weighted by Gasteiger charge is -2.31. The molecule has 0 atom stereocenters. The monoisotopic (exact) mass is 582 g/mol. The van der Waals surface area contributed by atoms with Crippen molar-refractivity contribution in [1.29, 1.82) is 0 Å². The number of hydrogen-bond acceptors (Lipinski definition) is 4. The molecule has 0 radical (unpaired) electrons. The number of aliphatic imine (C=N–C) groups is 2. The standard InChI is InChI=1S/C39H54N2O2/c1-11-13-19-39(10,20-14-12-2)31-21-27(3)35(42)28(23-31)25-40-33-17-15-16-18-34(33)41-26-29-22-30(37(4,5)6)24-32(36(29)43)38(7,8)9/h15-18,21-26,42-43H,11-14,19-20H2,1-10H3. The molecule has 4 nitrogen and oxygen atoms in total. The molecule has 2 N–H and O–H groups in total. The third-order valence-electron chi connectivity index (χ3n) is 8.57. The molecule has 0 spiro atoms. The van der Waals surface area contributed by atoms with Gasteiger partial charge in [-0.1, -0.05) is 112 Å². The third-order valence-corrected chi connectivity index (χ3v) is 8.57. The average molecular weight is 583 g/mol. The minimum absolute atomic E-state index is 0.0603. The molecule has 0 heterocycles. The lowest BCUT2D eigenvalue weighted by Crippen LogP contribution is -2.22. The number of rotatable bonds is 11. The van der Waals surface area contributed by atoms with E-state index in [9.17, 15) is 10.2 Å². The van der Waals surface area contributed by atoms with Gasteiger partial charge < -0.3 is 10.2 Å². The van der Waals surface area contributed by atoms with Crippen LogP contribution in [0, 0.1) is 6.92 Å². The number of phenolic OH excluding ortho intramolecular Hbond substituents is 2. The summed E-state index contributed by atoms with van der Waals surface area (Å²) in [5.41, 5.74) is 6.77. The van der Waals surface area contributed by atoms with Crippen molar-refractivity contribution in [2.45, 2.75) is 124 Å². The summed E-state index contributed by atoms with van der Waals surface area (Å²) in [5.74, 6) is 0.525. The molecular weight excluding hydrogens is 528 g/mol. The topological polar surface area (TPSA) is 65.2 Å². The molecule has 0 aliphatic heterocycles. The van der Waals surface area contributed by atoms with Crippen molar-refractivity contribution < 1.29 is 10.2 Å². The summed E-state index contributed by atoms with van der Waals surface area (Å²) in [6, 6.07) is 16.1. The van der Waals surface area contributed by atoms with Crippen molar-refractivity contribution in [2.75, 3.05) is 0 Å². The van der Waals surface area contributed by atoms with Gasteiger partial charge in [-0.3, -0.25) is 9.98 Å². The summed E-state index contributed by atoms with van der Waals surface area (Å²) in [4.78, 5) is 9.61. The van der Waals surface area contributed by atoms with Crippen LogP contribution in [-0.4, -0.2) is 22.6 Å². The second-order valence-electron chi connectivity index (χ2n) is 14.5. The highest BCUT2D eigenvalue weighted by molar-refractivity contribution is 5.90. The average Bonchev–Trinajstić information content (AvgIpc) is 2.94. The molecule has 232 valence electrons. The maximum Gasteiger partial charge on any atom is 0.128 e. The van der Waals surface area contributed by atoms with Gasteiger partial charge in [0.25, 0.3) is 0 Å². The largest absolute Gasteiger partial charge is 0.507 e. The zero-order valence-electron chi connectivity index (χ0n) is 28.3. The highest BCUT2D eigenvalue weighted by Gasteiger charge is 2.27. The lowest BCUT2D eigenvalue weighted by molar-refractivity contribution is 0.373. The fourth-order valence-electron chi connectivity index (χ4n) is 5.52. The first-order valence-corrected chi connectivity index (χ1v) is 16.0. The van der Waals surface area contributed by atoms with Gasteiger partial charge in [-0.05, 0) is 77.0 Å². The minimum Gasteiger partial charge on any atom is -0.507 e. The third kappa shape index (κ3) is 8.59. The van der Waals surface area contributed by atoms with E-state index in [-0.39, 0.29) is 27.7 Å². The molecule has 3 rings (SSSR count). The van der Waals surface area contributed by atoms with Crippen LogP contribution in [0.3, 0.4) is 0 Å². The normalized spacial score (nSPS) is 13.0. The number of aromatic hydroxyl groups is 2. The Morgan fingerprint density at radius 3 is 1.60 bits per heavy atom. The molecule has 0 saturated heterocycles. The van der Waals surface area contributed by atoms with Gasteiger partial charge in [0, 0.05) is 29.1 Å². The number of phenols is 2. The molecule has 0 unspecified atom stereocenters. The Morgan fingerprint density at radius 2 is 1.14 bits per heavy atom. The van der Waals surface area contributed by atoms with Gasteiger partial charge in [-0.2, -0.15) is 0 Å². The second-order valence-corrected chi connectivity index (χ2v) is 14.5. The molecule has 0 fully saturated rings. The highest BCUT2D eigenvalue weighted by Crippen LogP contribution is 2.39. The zero-order chi connectivity index (χ0) is 32.0. The minimum atomic E-state index is -0.214. The summed E-state index contributed by atoms with van der Waals surface area (Å²) in [6.07, 6.45) is 10.4. The van der Waals surface area contributed by atoms with E-state index in [1.807, 2.05) is 37.3 Å². The number of unbranched alkanes of at least 4 members (excludes halogenated alkanes) is 2. The number of para-hydroxylation sites is 2. The predicted octanol–water partition coefficient (Wildman–Crippen LogP) is 11.1. The summed E-state index contributed by atoms with van der Waals surface area (Å²) in [6.45, 7) is 21.7. The smallest absolute Gasteiger partial charge is 0.128 e. The second kappa shape index (κ2) is 13.9. The van der Waals surface area contributed by atoms with E-state index < -0.39 is 0 Å². The van der Waals surface area contributed by atoms with Crippen LogP contribution in [-0.2, 0) is 16.2 Å². The Hall–Kier alpha value is -3.40. The fourth-order valence-corrected chi connectivity index (χ4v) is 5.52. The Morgan fingerprint density at radius 1 is 0.651 bits per heavy atom. The molecule has 3 aromatic rings. The summed E-state index contributed by atoms with van der Waals surface area (Å²) >= 11 is 0. The molecule has 0 aromatic heterocycles. The van der Waals surface area contributed by atoms with Crippen molar-refractivity contribution in [2.24, 2.45) is 9.98 Å². The molecular formula is C39H54N2O2. The first kappa shape index (κ1) is 34.1. The molecule has 4 heteroatoms. The first-order chi connectivity index (χ1) is 20.1.